The summed E-state index contributed by atoms with van der Waals surface area (Å²) in [5.74, 6) is -3.67. The summed E-state index contributed by atoms with van der Waals surface area (Å²) in [5.41, 5.74) is 7.37. The van der Waals surface area contributed by atoms with Gasteiger partial charge in [0.2, 0.25) is 11.8 Å². The predicted octanol–water partition coefficient (Wildman–Crippen LogP) is 4.85. The Morgan fingerprint density at radius 3 is 2.19 bits per heavy atom. The largest absolute Gasteiger partial charge is 0.490 e. The van der Waals surface area contributed by atoms with Crippen molar-refractivity contribution in [1.29, 1.82) is 0 Å². The minimum atomic E-state index is -5.08. The molecule has 14 heteroatoms. The SMILES string of the molecule is CCN(CC1=C(c2ccccc2Cl)C(=O)NC12CCCCC2)C(=O)[C@@H](COCc1ccccc1)NC(=O)C(C)(C)N.O=C(O)C(F)(F)F. The van der Waals surface area contributed by atoms with Crippen molar-refractivity contribution in [1.82, 2.24) is 15.5 Å². The number of amides is 3. The molecule has 0 radical (unpaired) electrons. The van der Waals surface area contributed by atoms with Crippen LogP contribution in [0, 0.1) is 0 Å². The number of hydrogen-bond acceptors (Lipinski definition) is 6. The molecule has 1 fully saturated rings. The standard InChI is InChI=1S/C32H41ClN4O4.C2HF3O2/c1-4-37(29(39)26(35-30(40)31(2,3)34)21-41-20-22-13-7-5-8-14-22)19-24-27(23-15-9-10-16-25(23)33)28(38)36-32(24)17-11-6-12-18-32;3-2(4,5)1(6)7/h5,7-10,13-16,26H,4,6,11-12,17-21,34H2,1-3H3,(H,35,40)(H,36,38);(H,6,7)/t26-;/m1./s1. The van der Waals surface area contributed by atoms with Crippen molar-refractivity contribution in [3.8, 4) is 0 Å². The number of nitrogens with two attached hydrogens (primary N) is 1. The molecule has 4 rings (SSSR count). The molecule has 48 heavy (non-hydrogen) atoms. The molecule has 1 aliphatic heterocycles. The summed E-state index contributed by atoms with van der Waals surface area (Å²) in [6.45, 7) is 5.95. The molecule has 0 saturated heterocycles. The van der Waals surface area contributed by atoms with Crippen LogP contribution < -0.4 is 16.4 Å². The van der Waals surface area contributed by atoms with Crippen LogP contribution in [0.2, 0.25) is 5.02 Å². The number of carboxylic acids is 1. The Kier molecular flexibility index (Phi) is 13.2. The molecule has 1 atom stereocenters. The van der Waals surface area contributed by atoms with Gasteiger partial charge in [-0.15, -0.1) is 0 Å². The maximum atomic E-state index is 14.1. The number of aliphatic carboxylic acids is 1. The summed E-state index contributed by atoms with van der Waals surface area (Å²) in [6, 6.07) is 16.0. The second-order valence-electron chi connectivity index (χ2n) is 12.3. The van der Waals surface area contributed by atoms with Crippen molar-refractivity contribution in [2.45, 2.75) is 82.8 Å². The normalized spacial score (nSPS) is 16.5. The molecule has 2 aromatic rings. The zero-order valence-corrected chi connectivity index (χ0v) is 27.9. The third kappa shape index (κ3) is 10.0. The second-order valence-corrected chi connectivity index (χ2v) is 12.7. The molecular weight excluding hydrogens is 653 g/mol. The molecular formula is C34H42ClF3N4O6. The minimum absolute atomic E-state index is 0.0230. The number of rotatable bonds is 11. The van der Waals surface area contributed by atoms with E-state index in [1.54, 1.807) is 24.8 Å². The molecule has 1 saturated carbocycles. The lowest BCUT2D eigenvalue weighted by molar-refractivity contribution is -0.192. The van der Waals surface area contributed by atoms with Gasteiger partial charge in [-0.05, 0) is 50.8 Å². The third-order valence-corrected chi connectivity index (χ3v) is 8.51. The maximum Gasteiger partial charge on any atom is 0.490 e. The molecule has 10 nitrogen and oxygen atoms in total. The second kappa shape index (κ2) is 16.4. The zero-order valence-electron chi connectivity index (χ0n) is 27.2. The Labute approximate surface area is 282 Å². The van der Waals surface area contributed by atoms with Gasteiger partial charge in [0.05, 0.1) is 29.9 Å². The van der Waals surface area contributed by atoms with E-state index in [0.29, 0.717) is 29.3 Å². The van der Waals surface area contributed by atoms with Gasteiger partial charge in [0, 0.05) is 23.7 Å². The van der Waals surface area contributed by atoms with Gasteiger partial charge >= 0.3 is 12.1 Å². The van der Waals surface area contributed by atoms with E-state index >= 15 is 0 Å². The van der Waals surface area contributed by atoms with E-state index in [1.165, 1.54) is 0 Å². The Hall–Kier alpha value is -3.94. The lowest BCUT2D eigenvalue weighted by Crippen LogP contribution is -2.58. The van der Waals surface area contributed by atoms with Gasteiger partial charge in [0.1, 0.15) is 6.04 Å². The molecule has 1 aliphatic carbocycles. The van der Waals surface area contributed by atoms with Gasteiger partial charge in [0.25, 0.3) is 5.91 Å². The first-order chi connectivity index (χ1) is 22.5. The molecule has 2 aliphatic rings. The lowest BCUT2D eigenvalue weighted by Gasteiger charge is -2.38. The van der Waals surface area contributed by atoms with Crippen LogP contribution in [-0.4, -0.2) is 76.7 Å². The zero-order chi connectivity index (χ0) is 35.7. The highest BCUT2D eigenvalue weighted by molar-refractivity contribution is 6.35. The number of nitrogens with zero attached hydrogens (tertiary/aromatic N) is 1. The van der Waals surface area contributed by atoms with Gasteiger partial charge in [-0.25, -0.2) is 4.79 Å². The average Bonchev–Trinajstić information content (AvgIpc) is 3.28. The molecule has 0 aromatic heterocycles. The van der Waals surface area contributed by atoms with Crippen molar-refractivity contribution in [2.75, 3.05) is 19.7 Å². The lowest BCUT2D eigenvalue weighted by atomic mass is 9.76. The van der Waals surface area contributed by atoms with Gasteiger partial charge in [0.15, 0.2) is 0 Å². The van der Waals surface area contributed by atoms with Crippen molar-refractivity contribution in [2.24, 2.45) is 5.73 Å². The van der Waals surface area contributed by atoms with E-state index in [2.05, 4.69) is 10.6 Å². The average molecular weight is 695 g/mol. The number of benzene rings is 2. The Morgan fingerprint density at radius 2 is 1.65 bits per heavy atom. The Bertz CT molecular complexity index is 1490. The van der Waals surface area contributed by atoms with E-state index in [9.17, 15) is 27.6 Å². The summed E-state index contributed by atoms with van der Waals surface area (Å²) < 4.78 is 37.7. The van der Waals surface area contributed by atoms with E-state index in [1.807, 2.05) is 55.5 Å². The quantitative estimate of drug-likeness (QED) is 0.263. The summed E-state index contributed by atoms with van der Waals surface area (Å²) in [5, 5.41) is 13.7. The highest BCUT2D eigenvalue weighted by Gasteiger charge is 2.47. The minimum Gasteiger partial charge on any atom is -0.475 e. The molecule has 1 heterocycles. The molecule has 2 aromatic carbocycles. The Balaban J connectivity index is 0.000000804. The van der Waals surface area contributed by atoms with E-state index in [-0.39, 0.29) is 25.0 Å². The molecule has 0 unspecified atom stereocenters. The van der Waals surface area contributed by atoms with E-state index < -0.39 is 35.2 Å². The molecule has 3 amide bonds. The molecule has 1 spiro atoms. The molecule has 262 valence electrons. The predicted molar refractivity (Wildman–Crippen MR) is 175 cm³/mol. The van der Waals surface area contributed by atoms with Crippen LogP contribution in [0.15, 0.2) is 60.2 Å². The monoisotopic (exact) mass is 694 g/mol. The number of alkyl halides is 3. The van der Waals surface area contributed by atoms with Crippen molar-refractivity contribution in [3.63, 3.8) is 0 Å². The summed E-state index contributed by atoms with van der Waals surface area (Å²) in [7, 11) is 0. The number of carbonyl (C=O) groups is 4. The number of carbonyl (C=O) groups excluding carboxylic acids is 3. The summed E-state index contributed by atoms with van der Waals surface area (Å²) in [4.78, 5) is 51.0. The highest BCUT2D eigenvalue weighted by atomic mass is 35.5. The fourth-order valence-corrected chi connectivity index (χ4v) is 5.87. The number of ether oxygens (including phenoxy) is 1. The van der Waals surface area contributed by atoms with Gasteiger partial charge in [-0.1, -0.05) is 79.4 Å². The smallest absolute Gasteiger partial charge is 0.475 e. The van der Waals surface area contributed by atoms with Crippen LogP contribution in [0.1, 0.15) is 64.0 Å². The topological polar surface area (TPSA) is 151 Å². The van der Waals surface area contributed by atoms with Crippen LogP contribution in [0.25, 0.3) is 5.57 Å². The fraction of sp³-hybridized carbons (Fsp3) is 0.471. The maximum absolute atomic E-state index is 14.1. The number of carboxylic acid groups (broad SMARTS) is 1. The summed E-state index contributed by atoms with van der Waals surface area (Å²) in [6.07, 6.45) is -0.413. The van der Waals surface area contributed by atoms with Crippen molar-refractivity contribution in [3.05, 3.63) is 76.3 Å². The number of nitrogens with one attached hydrogen (secondary N) is 2. The first kappa shape index (κ1) is 38.5. The van der Waals surface area contributed by atoms with Crippen LogP contribution in [0.5, 0.6) is 0 Å². The van der Waals surface area contributed by atoms with E-state index in [4.69, 9.17) is 32.0 Å². The van der Waals surface area contributed by atoms with Crippen molar-refractivity contribution < 1.29 is 42.2 Å². The van der Waals surface area contributed by atoms with Crippen LogP contribution in [0.4, 0.5) is 13.2 Å². The van der Waals surface area contributed by atoms with Gasteiger partial charge in [-0.2, -0.15) is 13.2 Å². The van der Waals surface area contributed by atoms with Crippen LogP contribution in [0.3, 0.4) is 0 Å². The third-order valence-electron chi connectivity index (χ3n) is 8.18. The number of halogens is 4. The summed E-state index contributed by atoms with van der Waals surface area (Å²) >= 11 is 6.58. The van der Waals surface area contributed by atoms with Gasteiger partial charge in [-0.3, -0.25) is 14.4 Å². The van der Waals surface area contributed by atoms with Crippen LogP contribution >= 0.6 is 11.6 Å². The first-order valence-corrected chi connectivity index (χ1v) is 16.0. The molecule has 0 bridgehead atoms. The van der Waals surface area contributed by atoms with Gasteiger partial charge < -0.3 is 31.1 Å². The van der Waals surface area contributed by atoms with Crippen molar-refractivity contribution >= 4 is 40.9 Å². The molecule has 5 N–H and O–H groups in total. The Morgan fingerprint density at radius 1 is 1.06 bits per heavy atom. The number of likely N-dealkylation sites (N-methyl/N-ethyl adjacent to an activating group) is 1. The number of hydrogen-bond donors (Lipinski definition) is 4. The fourth-order valence-electron chi connectivity index (χ4n) is 5.64. The van der Waals surface area contributed by atoms with E-state index in [0.717, 1.165) is 43.2 Å². The first-order valence-electron chi connectivity index (χ1n) is 15.6. The highest BCUT2D eigenvalue weighted by Crippen LogP contribution is 2.44. The van der Waals surface area contributed by atoms with Crippen LogP contribution in [-0.2, 0) is 30.5 Å².